The van der Waals surface area contributed by atoms with Gasteiger partial charge >= 0.3 is 5.97 Å². The van der Waals surface area contributed by atoms with Gasteiger partial charge in [0.25, 0.3) is 0 Å². The van der Waals surface area contributed by atoms with E-state index in [-0.39, 0.29) is 12.4 Å². The van der Waals surface area contributed by atoms with Gasteiger partial charge in [-0.1, -0.05) is 0 Å². The largest absolute Gasteiger partial charge is 0.480 e. The normalized spacial score (nSPS) is 19.5. The van der Waals surface area contributed by atoms with E-state index in [4.69, 9.17) is 5.11 Å². The third-order valence-corrected chi connectivity index (χ3v) is 1.85. The van der Waals surface area contributed by atoms with Crippen molar-refractivity contribution in [1.82, 2.24) is 14.8 Å². The van der Waals surface area contributed by atoms with Gasteiger partial charge in [-0.15, -0.1) is 12.4 Å². The number of carboxylic acids is 1. The lowest BCUT2D eigenvalue weighted by molar-refractivity contribution is -0.138. The number of rotatable bonds is 1. The van der Waals surface area contributed by atoms with Gasteiger partial charge in [0.05, 0.1) is 0 Å². The maximum Gasteiger partial charge on any atom is 0.326 e. The summed E-state index contributed by atoms with van der Waals surface area (Å²) in [5.74, 6) is -0.307. The lowest BCUT2D eigenvalue weighted by Gasteiger charge is -2.20. The minimum absolute atomic E-state index is 0. The molecule has 0 aromatic carbocycles. The Labute approximate surface area is 80.4 Å². The van der Waals surface area contributed by atoms with E-state index < -0.39 is 12.0 Å². The van der Waals surface area contributed by atoms with Crippen LogP contribution in [0.5, 0.6) is 0 Å². The molecule has 0 bridgehead atoms. The van der Waals surface area contributed by atoms with Crippen molar-refractivity contribution in [2.75, 3.05) is 5.32 Å². The van der Waals surface area contributed by atoms with Crippen molar-refractivity contribution in [2.45, 2.75) is 19.0 Å². The summed E-state index contributed by atoms with van der Waals surface area (Å²) in [5, 5.41) is 15.3. The van der Waals surface area contributed by atoms with E-state index in [0.29, 0.717) is 18.9 Å². The molecule has 2 N–H and O–H groups in total. The van der Waals surface area contributed by atoms with Gasteiger partial charge in [0.2, 0.25) is 5.95 Å². The minimum atomic E-state index is -0.843. The number of nitrogens with zero attached hydrogens (tertiary/aromatic N) is 3. The summed E-state index contributed by atoms with van der Waals surface area (Å²) in [6.45, 7) is 0.610. The molecule has 1 aromatic heterocycles. The second kappa shape index (κ2) is 3.61. The summed E-state index contributed by atoms with van der Waals surface area (Å²) in [6, 6.07) is -0.526. The Kier molecular flexibility index (Phi) is 2.72. The molecule has 0 saturated heterocycles. The topological polar surface area (TPSA) is 80.0 Å². The Morgan fingerprint density at radius 1 is 1.77 bits per heavy atom. The van der Waals surface area contributed by atoms with Crippen LogP contribution in [-0.4, -0.2) is 31.9 Å². The first-order chi connectivity index (χ1) is 5.77. The van der Waals surface area contributed by atoms with Gasteiger partial charge in [-0.2, -0.15) is 10.1 Å². The fourth-order valence-electron chi connectivity index (χ4n) is 1.20. The van der Waals surface area contributed by atoms with Gasteiger partial charge in [-0.3, -0.25) is 0 Å². The Balaban J connectivity index is 0.000000845. The second-order valence-corrected chi connectivity index (χ2v) is 2.63. The lowest BCUT2D eigenvalue weighted by Crippen LogP contribution is -2.35. The summed E-state index contributed by atoms with van der Waals surface area (Å²) >= 11 is 0. The number of fused-ring (bicyclic) bond motifs is 1. The van der Waals surface area contributed by atoms with Crippen LogP contribution >= 0.6 is 12.4 Å². The van der Waals surface area contributed by atoms with Gasteiger partial charge < -0.3 is 10.4 Å². The zero-order chi connectivity index (χ0) is 8.55. The van der Waals surface area contributed by atoms with Gasteiger partial charge in [0.15, 0.2) is 0 Å². The second-order valence-electron chi connectivity index (χ2n) is 2.63. The first-order valence-corrected chi connectivity index (χ1v) is 3.64. The number of carboxylic acid groups (broad SMARTS) is 1. The summed E-state index contributed by atoms with van der Waals surface area (Å²) < 4.78 is 1.65. The third kappa shape index (κ3) is 1.72. The predicted octanol–water partition coefficient (Wildman–Crippen LogP) is -0.0313. The van der Waals surface area contributed by atoms with Crippen molar-refractivity contribution >= 4 is 24.3 Å². The molecule has 1 aliphatic rings. The molecule has 1 aromatic rings. The molecule has 0 radical (unpaired) electrons. The van der Waals surface area contributed by atoms with Gasteiger partial charge in [-0.25, -0.2) is 9.48 Å². The average molecular weight is 205 g/mol. The standard InChI is InChI=1S/C6H8N4O2.ClH/c11-5(12)4-1-2-10-6(9-4)7-3-8-10;/h3-4H,1-2H2,(H,11,12)(H,7,8,9);1H. The molecule has 72 valence electrons. The monoisotopic (exact) mass is 204 g/mol. The molecule has 1 unspecified atom stereocenters. The van der Waals surface area contributed by atoms with Crippen LogP contribution in [0.15, 0.2) is 6.33 Å². The number of aromatic nitrogens is 3. The van der Waals surface area contributed by atoms with Crippen LogP contribution in [0.1, 0.15) is 6.42 Å². The highest BCUT2D eigenvalue weighted by Crippen LogP contribution is 2.13. The first kappa shape index (κ1) is 9.79. The van der Waals surface area contributed by atoms with Crippen molar-refractivity contribution in [3.8, 4) is 0 Å². The molecule has 1 aliphatic heterocycles. The van der Waals surface area contributed by atoms with Crippen LogP contribution < -0.4 is 5.32 Å². The summed E-state index contributed by atoms with van der Waals surface area (Å²) in [5.41, 5.74) is 0. The highest BCUT2D eigenvalue weighted by molar-refractivity contribution is 5.85. The van der Waals surface area contributed by atoms with Gasteiger partial charge in [0.1, 0.15) is 12.4 Å². The molecule has 6 nitrogen and oxygen atoms in total. The Hall–Kier alpha value is -1.30. The molecule has 0 amide bonds. The molecule has 0 fully saturated rings. The molecule has 2 heterocycles. The fourth-order valence-corrected chi connectivity index (χ4v) is 1.20. The average Bonchev–Trinajstić information content (AvgIpc) is 2.49. The molecular weight excluding hydrogens is 196 g/mol. The third-order valence-electron chi connectivity index (χ3n) is 1.85. The van der Waals surface area contributed by atoms with E-state index in [9.17, 15) is 4.79 Å². The number of halogens is 1. The van der Waals surface area contributed by atoms with Crippen molar-refractivity contribution in [3.63, 3.8) is 0 Å². The lowest BCUT2D eigenvalue weighted by atomic mass is 10.2. The van der Waals surface area contributed by atoms with E-state index in [2.05, 4.69) is 15.4 Å². The van der Waals surface area contributed by atoms with E-state index in [1.807, 2.05) is 0 Å². The van der Waals surface area contributed by atoms with Crippen molar-refractivity contribution in [1.29, 1.82) is 0 Å². The SMILES string of the molecule is Cl.O=C(O)C1CCn2ncnc2N1. The first-order valence-electron chi connectivity index (χ1n) is 3.64. The number of anilines is 1. The Morgan fingerprint density at radius 3 is 3.23 bits per heavy atom. The zero-order valence-electron chi connectivity index (χ0n) is 6.67. The van der Waals surface area contributed by atoms with Crippen molar-refractivity contribution in [2.24, 2.45) is 0 Å². The molecule has 1 atom stereocenters. The Morgan fingerprint density at radius 2 is 2.54 bits per heavy atom. The summed E-state index contributed by atoms with van der Waals surface area (Å²) in [6.07, 6.45) is 1.96. The summed E-state index contributed by atoms with van der Waals surface area (Å²) in [7, 11) is 0. The van der Waals surface area contributed by atoms with Crippen LogP contribution in [0.3, 0.4) is 0 Å². The van der Waals surface area contributed by atoms with E-state index >= 15 is 0 Å². The van der Waals surface area contributed by atoms with Crippen LogP contribution in [0.2, 0.25) is 0 Å². The van der Waals surface area contributed by atoms with E-state index in [1.54, 1.807) is 4.68 Å². The summed E-state index contributed by atoms with van der Waals surface area (Å²) in [4.78, 5) is 14.4. The maximum atomic E-state index is 10.6. The number of hydrogen-bond acceptors (Lipinski definition) is 4. The van der Waals surface area contributed by atoms with Crippen LogP contribution in [0, 0.1) is 0 Å². The molecule has 0 spiro atoms. The maximum absolute atomic E-state index is 10.6. The van der Waals surface area contributed by atoms with Gasteiger partial charge in [0, 0.05) is 6.54 Å². The molecule has 0 aliphatic carbocycles. The van der Waals surface area contributed by atoms with Crippen LogP contribution in [0.4, 0.5) is 5.95 Å². The van der Waals surface area contributed by atoms with E-state index in [1.165, 1.54) is 6.33 Å². The van der Waals surface area contributed by atoms with Crippen molar-refractivity contribution < 1.29 is 9.90 Å². The number of carbonyl (C=O) groups is 1. The molecular formula is C6H9ClN4O2. The highest BCUT2D eigenvalue weighted by atomic mass is 35.5. The van der Waals surface area contributed by atoms with Gasteiger partial charge in [-0.05, 0) is 6.42 Å². The smallest absolute Gasteiger partial charge is 0.326 e. The zero-order valence-corrected chi connectivity index (χ0v) is 7.49. The quantitative estimate of drug-likeness (QED) is 0.672. The molecule has 7 heteroatoms. The van der Waals surface area contributed by atoms with Crippen LogP contribution in [-0.2, 0) is 11.3 Å². The predicted molar refractivity (Wildman–Crippen MR) is 46.9 cm³/mol. The minimum Gasteiger partial charge on any atom is -0.480 e. The highest BCUT2D eigenvalue weighted by Gasteiger charge is 2.23. The van der Waals surface area contributed by atoms with E-state index in [0.717, 1.165) is 0 Å². The Bertz CT molecular complexity index is 313. The molecule has 2 rings (SSSR count). The number of aliphatic carboxylic acids is 1. The van der Waals surface area contributed by atoms with Crippen LogP contribution in [0.25, 0.3) is 0 Å². The molecule has 13 heavy (non-hydrogen) atoms. The molecule has 0 saturated carbocycles. The fraction of sp³-hybridized carbons (Fsp3) is 0.500. The van der Waals surface area contributed by atoms with Crippen molar-refractivity contribution in [3.05, 3.63) is 6.33 Å². The number of aryl methyl sites for hydroxylation is 1. The number of nitrogens with one attached hydrogen (secondary N) is 1. The number of hydrogen-bond donors (Lipinski definition) is 2.